The molecule has 98 valence electrons. The van der Waals surface area contributed by atoms with Gasteiger partial charge in [-0.3, -0.25) is 4.79 Å². The minimum atomic E-state index is -0.445. The number of hydrogen-bond acceptors (Lipinski definition) is 4. The molecule has 1 aliphatic heterocycles. The van der Waals surface area contributed by atoms with Crippen molar-refractivity contribution in [1.82, 2.24) is 9.88 Å². The summed E-state index contributed by atoms with van der Waals surface area (Å²) in [6.07, 6.45) is 4.23. The number of primary amides is 1. The summed E-state index contributed by atoms with van der Waals surface area (Å²) in [5, 5.41) is 3.27. The lowest BCUT2D eigenvalue weighted by Crippen LogP contribution is -2.33. The molecule has 0 bridgehead atoms. The summed E-state index contributed by atoms with van der Waals surface area (Å²) in [6.45, 7) is 5.39. The van der Waals surface area contributed by atoms with Gasteiger partial charge in [0.25, 0.3) is 5.91 Å². The fraction of sp³-hybridized carbons (Fsp3) is 0.538. The van der Waals surface area contributed by atoms with Crippen molar-refractivity contribution in [3.8, 4) is 0 Å². The zero-order valence-electron chi connectivity index (χ0n) is 10.7. The van der Waals surface area contributed by atoms with E-state index in [1.807, 2.05) is 0 Å². The van der Waals surface area contributed by atoms with Crippen molar-refractivity contribution >= 4 is 11.7 Å². The highest BCUT2D eigenvalue weighted by Crippen LogP contribution is 2.13. The van der Waals surface area contributed by atoms with E-state index in [2.05, 4.69) is 22.1 Å². The van der Waals surface area contributed by atoms with Crippen molar-refractivity contribution in [2.75, 3.05) is 25.0 Å². The average molecular weight is 248 g/mol. The molecule has 1 aromatic heterocycles. The van der Waals surface area contributed by atoms with Gasteiger partial charge in [0.05, 0.1) is 5.56 Å². The van der Waals surface area contributed by atoms with E-state index in [4.69, 9.17) is 5.73 Å². The number of nitrogens with zero attached hydrogens (tertiary/aromatic N) is 2. The van der Waals surface area contributed by atoms with E-state index in [0.29, 0.717) is 11.4 Å². The van der Waals surface area contributed by atoms with Gasteiger partial charge in [-0.25, -0.2) is 4.98 Å². The third-order valence-electron chi connectivity index (χ3n) is 3.19. The molecular formula is C13H20N4O. The molecule has 0 aliphatic carbocycles. The third kappa shape index (κ3) is 3.20. The van der Waals surface area contributed by atoms with Gasteiger partial charge in [0.15, 0.2) is 0 Å². The van der Waals surface area contributed by atoms with Crippen LogP contribution in [0.2, 0.25) is 0 Å². The second-order valence-corrected chi connectivity index (χ2v) is 4.82. The normalized spacial score (nSPS) is 17.6. The van der Waals surface area contributed by atoms with E-state index in [9.17, 15) is 4.79 Å². The van der Waals surface area contributed by atoms with Crippen molar-refractivity contribution in [3.05, 3.63) is 23.9 Å². The van der Waals surface area contributed by atoms with Crippen LogP contribution in [0.1, 0.15) is 30.1 Å². The summed E-state index contributed by atoms with van der Waals surface area (Å²) < 4.78 is 0. The number of hydrogen-bond donors (Lipinski definition) is 2. The fourth-order valence-electron chi connectivity index (χ4n) is 2.35. The van der Waals surface area contributed by atoms with Crippen molar-refractivity contribution < 1.29 is 4.79 Å². The predicted molar refractivity (Wildman–Crippen MR) is 71.5 cm³/mol. The van der Waals surface area contributed by atoms with Gasteiger partial charge in [-0.2, -0.15) is 0 Å². The minimum absolute atomic E-state index is 0.246. The van der Waals surface area contributed by atoms with E-state index in [0.717, 1.165) is 19.6 Å². The summed E-state index contributed by atoms with van der Waals surface area (Å²) in [4.78, 5) is 17.9. The van der Waals surface area contributed by atoms with E-state index in [1.165, 1.54) is 12.8 Å². The number of carbonyl (C=O) groups is 1. The first kappa shape index (κ1) is 12.8. The predicted octanol–water partition coefficient (Wildman–Crippen LogP) is 1.08. The monoisotopic (exact) mass is 248 g/mol. The molecule has 3 N–H and O–H groups in total. The molecule has 1 saturated heterocycles. The summed E-state index contributed by atoms with van der Waals surface area (Å²) in [6, 6.07) is 3.66. The molecule has 5 heteroatoms. The molecule has 0 aromatic carbocycles. The zero-order valence-corrected chi connectivity index (χ0v) is 10.7. The summed E-state index contributed by atoms with van der Waals surface area (Å²) in [7, 11) is 0. The molecule has 2 heterocycles. The first-order chi connectivity index (χ1) is 8.66. The highest BCUT2D eigenvalue weighted by Gasteiger charge is 2.16. The van der Waals surface area contributed by atoms with Crippen molar-refractivity contribution in [1.29, 1.82) is 0 Å². The molecular weight excluding hydrogens is 228 g/mol. The quantitative estimate of drug-likeness (QED) is 0.818. The Morgan fingerprint density at radius 1 is 1.56 bits per heavy atom. The highest BCUT2D eigenvalue weighted by atomic mass is 16.1. The van der Waals surface area contributed by atoms with E-state index in [1.54, 1.807) is 18.3 Å². The number of carbonyl (C=O) groups excluding carboxylic acids is 1. The second-order valence-electron chi connectivity index (χ2n) is 4.82. The molecule has 1 atom stereocenters. The van der Waals surface area contributed by atoms with Crippen LogP contribution in [0, 0.1) is 0 Å². The Hall–Kier alpha value is -1.62. The Balaban J connectivity index is 1.97. The van der Waals surface area contributed by atoms with Gasteiger partial charge in [0.1, 0.15) is 5.82 Å². The third-order valence-corrected chi connectivity index (χ3v) is 3.19. The lowest BCUT2D eigenvalue weighted by Gasteiger charge is -2.22. The first-order valence-electron chi connectivity index (χ1n) is 6.40. The Labute approximate surface area is 107 Å². The lowest BCUT2D eigenvalue weighted by molar-refractivity contribution is 0.100. The fourth-order valence-corrected chi connectivity index (χ4v) is 2.35. The minimum Gasteiger partial charge on any atom is -0.366 e. The number of likely N-dealkylation sites (tertiary alicyclic amines) is 1. The maximum Gasteiger partial charge on any atom is 0.252 e. The molecule has 1 amide bonds. The summed E-state index contributed by atoms with van der Waals surface area (Å²) in [5.41, 5.74) is 5.77. The standard InChI is InChI=1S/C13H20N4O/c1-10(9-17-7-2-3-8-17)16-13-11(12(14)18)5-4-6-15-13/h4-6,10H,2-3,7-9H2,1H3,(H2,14,18)(H,15,16). The van der Waals surface area contributed by atoms with Crippen LogP contribution in [0.3, 0.4) is 0 Å². The van der Waals surface area contributed by atoms with Crippen LogP contribution < -0.4 is 11.1 Å². The largest absolute Gasteiger partial charge is 0.366 e. The SMILES string of the molecule is CC(CN1CCCC1)Nc1ncccc1C(N)=O. The van der Waals surface area contributed by atoms with Crippen LogP contribution in [0.5, 0.6) is 0 Å². The molecule has 1 aliphatic rings. The number of aromatic nitrogens is 1. The summed E-state index contributed by atoms with van der Waals surface area (Å²) >= 11 is 0. The Morgan fingerprint density at radius 2 is 2.28 bits per heavy atom. The molecule has 0 spiro atoms. The highest BCUT2D eigenvalue weighted by molar-refractivity contribution is 5.97. The topological polar surface area (TPSA) is 71.2 Å². The lowest BCUT2D eigenvalue weighted by atomic mass is 10.2. The molecule has 0 saturated carbocycles. The van der Waals surface area contributed by atoms with Crippen LogP contribution in [-0.2, 0) is 0 Å². The Bertz CT molecular complexity index is 415. The molecule has 1 aromatic rings. The maximum absolute atomic E-state index is 11.3. The first-order valence-corrected chi connectivity index (χ1v) is 6.40. The Kier molecular flexibility index (Phi) is 4.15. The zero-order chi connectivity index (χ0) is 13.0. The number of rotatable bonds is 5. The molecule has 1 unspecified atom stereocenters. The number of pyridine rings is 1. The van der Waals surface area contributed by atoms with Crippen LogP contribution in [0.4, 0.5) is 5.82 Å². The van der Waals surface area contributed by atoms with Gasteiger partial charge < -0.3 is 16.0 Å². The van der Waals surface area contributed by atoms with Gasteiger partial charge in [-0.1, -0.05) is 0 Å². The van der Waals surface area contributed by atoms with Gasteiger partial charge >= 0.3 is 0 Å². The molecule has 2 rings (SSSR count). The molecule has 0 radical (unpaired) electrons. The van der Waals surface area contributed by atoms with Crippen molar-refractivity contribution in [3.63, 3.8) is 0 Å². The molecule has 18 heavy (non-hydrogen) atoms. The van der Waals surface area contributed by atoms with Gasteiger partial charge in [-0.05, 0) is 45.0 Å². The summed E-state index contributed by atoms with van der Waals surface area (Å²) in [5.74, 6) is 0.135. The smallest absolute Gasteiger partial charge is 0.252 e. The molecule has 5 nitrogen and oxygen atoms in total. The maximum atomic E-state index is 11.3. The van der Waals surface area contributed by atoms with Gasteiger partial charge in [0.2, 0.25) is 0 Å². The number of nitrogens with one attached hydrogen (secondary N) is 1. The van der Waals surface area contributed by atoms with Crippen molar-refractivity contribution in [2.45, 2.75) is 25.8 Å². The van der Waals surface area contributed by atoms with Gasteiger partial charge in [-0.15, -0.1) is 0 Å². The van der Waals surface area contributed by atoms with Crippen LogP contribution in [0.15, 0.2) is 18.3 Å². The number of amides is 1. The Morgan fingerprint density at radius 3 is 2.94 bits per heavy atom. The number of nitrogens with two attached hydrogens (primary N) is 1. The average Bonchev–Trinajstić information content (AvgIpc) is 2.82. The number of anilines is 1. The van der Waals surface area contributed by atoms with E-state index in [-0.39, 0.29) is 6.04 Å². The van der Waals surface area contributed by atoms with Crippen LogP contribution >= 0.6 is 0 Å². The van der Waals surface area contributed by atoms with E-state index < -0.39 is 5.91 Å². The van der Waals surface area contributed by atoms with Crippen molar-refractivity contribution in [2.24, 2.45) is 5.73 Å². The van der Waals surface area contributed by atoms with E-state index >= 15 is 0 Å². The molecule has 1 fully saturated rings. The van der Waals surface area contributed by atoms with Crippen LogP contribution in [0.25, 0.3) is 0 Å². The second kappa shape index (κ2) is 5.82. The van der Waals surface area contributed by atoms with Gasteiger partial charge in [0, 0.05) is 18.8 Å². The van der Waals surface area contributed by atoms with Crippen LogP contribution in [-0.4, -0.2) is 41.5 Å².